The normalized spacial score (nSPS) is 18.1. The molecule has 1 aliphatic rings. The molecule has 0 saturated carbocycles. The van der Waals surface area contributed by atoms with Gasteiger partial charge < -0.3 is 5.32 Å². The first-order valence-corrected chi connectivity index (χ1v) is 8.54. The largest absolute Gasteiger partial charge is 0.309 e. The molecule has 0 fully saturated rings. The lowest BCUT2D eigenvalue weighted by Crippen LogP contribution is -2.23. The smallest absolute Gasteiger partial charge is 0.0357 e. The highest BCUT2D eigenvalue weighted by Crippen LogP contribution is 2.24. The van der Waals surface area contributed by atoms with Crippen LogP contribution in [-0.2, 0) is 23.6 Å². The fourth-order valence-corrected chi connectivity index (χ4v) is 2.97. The first-order valence-electron chi connectivity index (χ1n) is 6.82. The number of nitrogens with one attached hydrogen (secondary N) is 1. The summed E-state index contributed by atoms with van der Waals surface area (Å²) in [7, 11) is -0.703. The number of hydrogen-bond acceptors (Lipinski definition) is 2. The van der Waals surface area contributed by atoms with E-state index in [4.69, 9.17) is 0 Å². The van der Waals surface area contributed by atoms with Gasteiger partial charge in [-0.05, 0) is 49.3 Å². The standard InChI is InChI=1S/C15H23NOS/c1-12(16-9-10-18(2)17)14-8-7-13-5-3-4-6-15(13)11-14/h7-8,11-12,16H,3-6,9-10H2,1-2H3. The second-order valence-electron chi connectivity index (χ2n) is 5.19. The second-order valence-corrected chi connectivity index (χ2v) is 6.74. The highest BCUT2D eigenvalue weighted by molar-refractivity contribution is 7.84. The third-order valence-corrected chi connectivity index (χ3v) is 4.49. The van der Waals surface area contributed by atoms with E-state index in [2.05, 4.69) is 30.4 Å². The van der Waals surface area contributed by atoms with Gasteiger partial charge in [0, 0.05) is 35.4 Å². The van der Waals surface area contributed by atoms with Gasteiger partial charge in [-0.2, -0.15) is 0 Å². The zero-order chi connectivity index (χ0) is 13.0. The van der Waals surface area contributed by atoms with Gasteiger partial charge in [0.15, 0.2) is 0 Å². The Morgan fingerprint density at radius 1 is 1.28 bits per heavy atom. The molecule has 0 bridgehead atoms. The van der Waals surface area contributed by atoms with Crippen molar-refractivity contribution in [3.8, 4) is 0 Å². The van der Waals surface area contributed by atoms with Crippen LogP contribution in [0.25, 0.3) is 0 Å². The fraction of sp³-hybridized carbons (Fsp3) is 0.600. The summed E-state index contributed by atoms with van der Waals surface area (Å²) in [5.41, 5.74) is 4.43. The maximum absolute atomic E-state index is 11.0. The highest BCUT2D eigenvalue weighted by Gasteiger charge is 2.12. The first-order chi connectivity index (χ1) is 8.66. The van der Waals surface area contributed by atoms with Gasteiger partial charge in [0.05, 0.1) is 0 Å². The van der Waals surface area contributed by atoms with Gasteiger partial charge in [0.25, 0.3) is 0 Å². The maximum Gasteiger partial charge on any atom is 0.0357 e. The van der Waals surface area contributed by atoms with E-state index < -0.39 is 10.8 Å². The summed E-state index contributed by atoms with van der Waals surface area (Å²) in [6, 6.07) is 7.24. The van der Waals surface area contributed by atoms with Gasteiger partial charge >= 0.3 is 0 Å². The SMILES string of the molecule is CC(NCCS(C)=O)c1ccc2c(c1)CCCC2. The van der Waals surface area contributed by atoms with E-state index in [-0.39, 0.29) is 0 Å². The average molecular weight is 265 g/mol. The predicted octanol–water partition coefficient (Wildman–Crippen LogP) is 2.59. The first kappa shape index (κ1) is 13.8. The Morgan fingerprint density at radius 2 is 2.00 bits per heavy atom. The predicted molar refractivity (Wildman–Crippen MR) is 78.4 cm³/mol. The van der Waals surface area contributed by atoms with Gasteiger partial charge in [0.2, 0.25) is 0 Å². The average Bonchev–Trinajstić information content (AvgIpc) is 2.37. The molecule has 0 spiro atoms. The molecule has 2 rings (SSSR count). The van der Waals surface area contributed by atoms with E-state index in [1.807, 2.05) is 0 Å². The molecule has 1 N–H and O–H groups in total. The van der Waals surface area contributed by atoms with Crippen molar-refractivity contribution in [3.63, 3.8) is 0 Å². The Balaban J connectivity index is 1.97. The van der Waals surface area contributed by atoms with Gasteiger partial charge in [-0.15, -0.1) is 0 Å². The van der Waals surface area contributed by atoms with Crippen LogP contribution in [0.1, 0.15) is 42.5 Å². The molecule has 0 aromatic heterocycles. The minimum absolute atomic E-state index is 0.348. The van der Waals surface area contributed by atoms with E-state index in [0.29, 0.717) is 6.04 Å². The number of rotatable bonds is 5. The van der Waals surface area contributed by atoms with Gasteiger partial charge in [0.1, 0.15) is 0 Å². The van der Waals surface area contributed by atoms with Crippen LogP contribution < -0.4 is 5.32 Å². The quantitative estimate of drug-likeness (QED) is 0.886. The third-order valence-electron chi connectivity index (χ3n) is 3.71. The Bertz CT molecular complexity index is 431. The van der Waals surface area contributed by atoms with Gasteiger partial charge in [-0.25, -0.2) is 0 Å². The van der Waals surface area contributed by atoms with Crippen LogP contribution in [0.2, 0.25) is 0 Å². The summed E-state index contributed by atoms with van der Waals surface area (Å²) >= 11 is 0. The fourth-order valence-electron chi connectivity index (χ4n) is 2.56. The van der Waals surface area contributed by atoms with Crippen LogP contribution in [0.15, 0.2) is 18.2 Å². The Kier molecular flexibility index (Phi) is 4.95. The second kappa shape index (κ2) is 6.48. The molecule has 0 radical (unpaired) electrons. The van der Waals surface area contributed by atoms with Crippen molar-refractivity contribution in [3.05, 3.63) is 34.9 Å². The van der Waals surface area contributed by atoms with Crippen LogP contribution in [0.5, 0.6) is 0 Å². The molecular weight excluding hydrogens is 242 g/mol. The summed E-state index contributed by atoms with van der Waals surface area (Å²) in [6.07, 6.45) is 6.89. The van der Waals surface area contributed by atoms with Crippen molar-refractivity contribution < 1.29 is 4.21 Å². The minimum Gasteiger partial charge on any atom is -0.309 e. The van der Waals surface area contributed by atoms with Crippen molar-refractivity contribution >= 4 is 10.8 Å². The van der Waals surface area contributed by atoms with E-state index in [1.165, 1.54) is 42.4 Å². The summed E-state index contributed by atoms with van der Waals surface area (Å²) in [6.45, 7) is 3.00. The molecule has 0 saturated heterocycles. The zero-order valence-corrected chi connectivity index (χ0v) is 12.2. The van der Waals surface area contributed by atoms with Gasteiger partial charge in [-0.3, -0.25) is 4.21 Å². The Labute approximate surface area is 113 Å². The van der Waals surface area contributed by atoms with E-state index in [9.17, 15) is 4.21 Å². The number of fused-ring (bicyclic) bond motifs is 1. The summed E-state index contributed by atoms with van der Waals surface area (Å²) in [5, 5.41) is 3.44. The lowest BCUT2D eigenvalue weighted by atomic mass is 9.89. The molecule has 2 unspecified atom stereocenters. The molecular formula is C15H23NOS. The van der Waals surface area contributed by atoms with E-state index in [0.717, 1.165) is 12.3 Å². The molecule has 1 aromatic rings. The van der Waals surface area contributed by atoms with E-state index >= 15 is 0 Å². The summed E-state index contributed by atoms with van der Waals surface area (Å²) < 4.78 is 11.0. The topological polar surface area (TPSA) is 29.1 Å². The van der Waals surface area contributed by atoms with Crippen molar-refractivity contribution in [2.75, 3.05) is 18.6 Å². The summed E-state index contributed by atoms with van der Waals surface area (Å²) in [5.74, 6) is 0.731. The maximum atomic E-state index is 11.0. The molecule has 0 heterocycles. The molecule has 0 amide bonds. The minimum atomic E-state index is -0.703. The molecule has 1 aromatic carbocycles. The van der Waals surface area contributed by atoms with Crippen LogP contribution in [0, 0.1) is 0 Å². The molecule has 0 aliphatic heterocycles. The van der Waals surface area contributed by atoms with Crippen LogP contribution in [-0.4, -0.2) is 22.8 Å². The Hall–Kier alpha value is -0.670. The van der Waals surface area contributed by atoms with Crippen LogP contribution in [0.3, 0.4) is 0 Å². The van der Waals surface area contributed by atoms with Crippen LogP contribution >= 0.6 is 0 Å². The summed E-state index contributed by atoms with van der Waals surface area (Å²) in [4.78, 5) is 0. The van der Waals surface area contributed by atoms with Crippen LogP contribution in [0.4, 0.5) is 0 Å². The molecule has 2 atom stereocenters. The van der Waals surface area contributed by atoms with Gasteiger partial charge in [-0.1, -0.05) is 18.2 Å². The Morgan fingerprint density at radius 3 is 2.72 bits per heavy atom. The molecule has 3 heteroatoms. The highest BCUT2D eigenvalue weighted by atomic mass is 32.2. The number of hydrogen-bond donors (Lipinski definition) is 1. The molecule has 2 nitrogen and oxygen atoms in total. The molecule has 100 valence electrons. The van der Waals surface area contributed by atoms with Crippen molar-refractivity contribution in [1.82, 2.24) is 5.32 Å². The zero-order valence-electron chi connectivity index (χ0n) is 11.4. The molecule has 18 heavy (non-hydrogen) atoms. The van der Waals surface area contributed by atoms with E-state index in [1.54, 1.807) is 6.26 Å². The van der Waals surface area contributed by atoms with Crippen molar-refractivity contribution in [2.24, 2.45) is 0 Å². The molecule has 1 aliphatic carbocycles. The van der Waals surface area contributed by atoms with Crippen molar-refractivity contribution in [1.29, 1.82) is 0 Å². The lowest BCUT2D eigenvalue weighted by molar-refractivity contribution is 0.594. The lowest BCUT2D eigenvalue weighted by Gasteiger charge is -2.20. The third kappa shape index (κ3) is 3.66. The number of benzene rings is 1. The van der Waals surface area contributed by atoms with Crippen molar-refractivity contribution in [2.45, 2.75) is 38.6 Å². The number of aryl methyl sites for hydroxylation is 2. The monoisotopic (exact) mass is 265 g/mol.